The number of halogens is 1. The molecule has 0 saturated carbocycles. The van der Waals surface area contributed by atoms with Crippen molar-refractivity contribution in [2.24, 2.45) is 0 Å². The standard InChI is InChI=1S/C15H22ClNO3/c1-10-7-12(13(16)8-11(10)2)14(19)17-15(3,5-6-18)9-20-4/h7-8,18H,5-6,9H2,1-4H3,(H,17,19). The van der Waals surface area contributed by atoms with Gasteiger partial charge in [-0.1, -0.05) is 11.6 Å². The summed E-state index contributed by atoms with van der Waals surface area (Å²) in [5, 5.41) is 12.4. The Morgan fingerprint density at radius 3 is 2.55 bits per heavy atom. The van der Waals surface area contributed by atoms with Crippen LogP contribution in [0.2, 0.25) is 5.02 Å². The molecule has 5 heteroatoms. The molecule has 4 nitrogen and oxygen atoms in total. The zero-order chi connectivity index (χ0) is 15.3. The summed E-state index contributed by atoms with van der Waals surface area (Å²) in [7, 11) is 1.56. The van der Waals surface area contributed by atoms with Gasteiger partial charge in [-0.3, -0.25) is 4.79 Å². The molecular weight excluding hydrogens is 278 g/mol. The number of carbonyl (C=O) groups excluding carboxylic acids is 1. The minimum atomic E-state index is -0.622. The summed E-state index contributed by atoms with van der Waals surface area (Å²) in [6.45, 7) is 6.01. The van der Waals surface area contributed by atoms with Gasteiger partial charge < -0.3 is 15.2 Å². The van der Waals surface area contributed by atoms with Crippen LogP contribution in [0.15, 0.2) is 12.1 Å². The molecule has 0 fully saturated rings. The molecule has 0 aliphatic rings. The Balaban J connectivity index is 2.97. The maximum atomic E-state index is 12.4. The van der Waals surface area contributed by atoms with E-state index in [4.69, 9.17) is 21.4 Å². The second kappa shape index (κ2) is 7.07. The average Bonchev–Trinajstić information content (AvgIpc) is 2.33. The number of hydrogen-bond donors (Lipinski definition) is 2. The first-order valence-electron chi connectivity index (χ1n) is 6.52. The molecule has 0 aromatic heterocycles. The molecular formula is C15H22ClNO3. The van der Waals surface area contributed by atoms with Crippen molar-refractivity contribution < 1.29 is 14.6 Å². The van der Waals surface area contributed by atoms with E-state index in [0.717, 1.165) is 11.1 Å². The topological polar surface area (TPSA) is 58.6 Å². The highest BCUT2D eigenvalue weighted by atomic mass is 35.5. The minimum Gasteiger partial charge on any atom is -0.396 e. The van der Waals surface area contributed by atoms with Gasteiger partial charge in [0.2, 0.25) is 0 Å². The lowest BCUT2D eigenvalue weighted by Gasteiger charge is -2.29. The number of hydrogen-bond acceptors (Lipinski definition) is 3. The zero-order valence-electron chi connectivity index (χ0n) is 12.4. The number of rotatable bonds is 6. The number of carbonyl (C=O) groups is 1. The van der Waals surface area contributed by atoms with Gasteiger partial charge >= 0.3 is 0 Å². The maximum absolute atomic E-state index is 12.4. The number of benzene rings is 1. The molecule has 0 saturated heterocycles. The van der Waals surface area contributed by atoms with Crippen LogP contribution in [0.5, 0.6) is 0 Å². The monoisotopic (exact) mass is 299 g/mol. The second-order valence-corrected chi connectivity index (χ2v) is 5.74. The number of aliphatic hydroxyl groups is 1. The molecule has 0 aliphatic carbocycles. The number of amides is 1. The molecule has 0 aliphatic heterocycles. The number of ether oxygens (including phenoxy) is 1. The Bertz CT molecular complexity index is 482. The summed E-state index contributed by atoms with van der Waals surface area (Å²) in [5.74, 6) is -0.258. The first-order valence-corrected chi connectivity index (χ1v) is 6.90. The molecule has 1 unspecified atom stereocenters. The lowest BCUT2D eigenvalue weighted by atomic mass is 9.98. The average molecular weight is 300 g/mol. The third-order valence-corrected chi connectivity index (χ3v) is 3.68. The molecule has 112 valence electrons. The fourth-order valence-corrected chi connectivity index (χ4v) is 2.34. The SMILES string of the molecule is COCC(C)(CCO)NC(=O)c1cc(C)c(C)cc1Cl. The van der Waals surface area contributed by atoms with Gasteiger partial charge in [0.1, 0.15) is 0 Å². The van der Waals surface area contributed by atoms with Crippen LogP contribution in [-0.4, -0.2) is 36.9 Å². The summed E-state index contributed by atoms with van der Waals surface area (Å²) in [5.41, 5.74) is 1.87. The smallest absolute Gasteiger partial charge is 0.253 e. The van der Waals surface area contributed by atoms with Gasteiger partial charge in [-0.25, -0.2) is 0 Å². The molecule has 2 N–H and O–H groups in total. The molecule has 1 amide bonds. The molecule has 1 atom stereocenters. The Labute approximate surface area is 125 Å². The van der Waals surface area contributed by atoms with Crippen LogP contribution in [0.25, 0.3) is 0 Å². The van der Waals surface area contributed by atoms with Gasteiger partial charge in [0, 0.05) is 13.7 Å². The first kappa shape index (κ1) is 17.0. The van der Waals surface area contributed by atoms with E-state index in [1.807, 2.05) is 20.8 Å². The van der Waals surface area contributed by atoms with E-state index in [2.05, 4.69) is 5.32 Å². The predicted molar refractivity (Wildman–Crippen MR) is 80.4 cm³/mol. The Morgan fingerprint density at radius 1 is 1.40 bits per heavy atom. The highest BCUT2D eigenvalue weighted by Gasteiger charge is 2.27. The van der Waals surface area contributed by atoms with Crippen molar-refractivity contribution in [2.45, 2.75) is 32.7 Å². The number of methoxy groups -OCH3 is 1. The molecule has 1 rings (SSSR count). The molecule has 0 spiro atoms. The highest BCUT2D eigenvalue weighted by Crippen LogP contribution is 2.22. The van der Waals surface area contributed by atoms with Crippen molar-refractivity contribution in [3.05, 3.63) is 33.8 Å². The van der Waals surface area contributed by atoms with E-state index in [1.54, 1.807) is 19.2 Å². The number of nitrogens with one attached hydrogen (secondary N) is 1. The molecule has 1 aromatic carbocycles. The number of aryl methyl sites for hydroxylation is 2. The van der Waals surface area contributed by atoms with Crippen molar-refractivity contribution in [3.8, 4) is 0 Å². The van der Waals surface area contributed by atoms with Crippen molar-refractivity contribution in [1.82, 2.24) is 5.32 Å². The van der Waals surface area contributed by atoms with E-state index < -0.39 is 5.54 Å². The molecule has 0 heterocycles. The van der Waals surface area contributed by atoms with Crippen LogP contribution in [0.4, 0.5) is 0 Å². The minimum absolute atomic E-state index is 0.0270. The van der Waals surface area contributed by atoms with Gasteiger partial charge in [0.25, 0.3) is 5.91 Å². The third kappa shape index (κ3) is 4.20. The van der Waals surface area contributed by atoms with Crippen LogP contribution < -0.4 is 5.32 Å². The van der Waals surface area contributed by atoms with E-state index in [1.165, 1.54) is 0 Å². The Kier molecular flexibility index (Phi) is 5.99. The van der Waals surface area contributed by atoms with E-state index in [-0.39, 0.29) is 12.5 Å². The highest BCUT2D eigenvalue weighted by molar-refractivity contribution is 6.34. The van der Waals surface area contributed by atoms with E-state index >= 15 is 0 Å². The Hall–Kier alpha value is -1.10. The normalized spacial score (nSPS) is 13.9. The number of aliphatic hydroxyl groups excluding tert-OH is 1. The molecule has 1 aromatic rings. The van der Waals surface area contributed by atoms with Gasteiger partial charge in [0.15, 0.2) is 0 Å². The van der Waals surface area contributed by atoms with Crippen molar-refractivity contribution in [2.75, 3.05) is 20.3 Å². The van der Waals surface area contributed by atoms with Gasteiger partial charge in [0.05, 0.1) is 22.7 Å². The van der Waals surface area contributed by atoms with Crippen LogP contribution in [0.1, 0.15) is 34.8 Å². The van der Waals surface area contributed by atoms with Crippen molar-refractivity contribution in [1.29, 1.82) is 0 Å². The zero-order valence-corrected chi connectivity index (χ0v) is 13.2. The summed E-state index contributed by atoms with van der Waals surface area (Å²) < 4.78 is 5.11. The van der Waals surface area contributed by atoms with Crippen molar-refractivity contribution in [3.63, 3.8) is 0 Å². The molecule has 20 heavy (non-hydrogen) atoms. The lowest BCUT2D eigenvalue weighted by Crippen LogP contribution is -2.50. The van der Waals surface area contributed by atoms with Gasteiger partial charge in [-0.2, -0.15) is 0 Å². The summed E-state index contributed by atoms with van der Waals surface area (Å²) in [6.07, 6.45) is 0.412. The van der Waals surface area contributed by atoms with Crippen LogP contribution in [0.3, 0.4) is 0 Å². The predicted octanol–water partition coefficient (Wildman–Crippen LogP) is 2.47. The summed E-state index contributed by atoms with van der Waals surface area (Å²) in [6, 6.07) is 3.56. The van der Waals surface area contributed by atoms with Crippen LogP contribution >= 0.6 is 11.6 Å². The van der Waals surface area contributed by atoms with Crippen LogP contribution in [0, 0.1) is 13.8 Å². The maximum Gasteiger partial charge on any atom is 0.253 e. The fourth-order valence-electron chi connectivity index (χ4n) is 2.03. The lowest BCUT2D eigenvalue weighted by molar-refractivity contribution is 0.0725. The van der Waals surface area contributed by atoms with E-state index in [9.17, 15) is 4.79 Å². The fraction of sp³-hybridized carbons (Fsp3) is 0.533. The summed E-state index contributed by atoms with van der Waals surface area (Å²) in [4.78, 5) is 12.4. The largest absolute Gasteiger partial charge is 0.396 e. The molecule has 0 bridgehead atoms. The van der Waals surface area contributed by atoms with E-state index in [0.29, 0.717) is 23.6 Å². The Morgan fingerprint density at radius 2 is 2.00 bits per heavy atom. The van der Waals surface area contributed by atoms with Crippen LogP contribution in [-0.2, 0) is 4.74 Å². The quantitative estimate of drug-likeness (QED) is 0.848. The third-order valence-electron chi connectivity index (χ3n) is 3.37. The summed E-state index contributed by atoms with van der Waals surface area (Å²) >= 11 is 6.14. The van der Waals surface area contributed by atoms with Gasteiger partial charge in [-0.05, 0) is 50.5 Å². The first-order chi connectivity index (χ1) is 9.33. The second-order valence-electron chi connectivity index (χ2n) is 5.34. The van der Waals surface area contributed by atoms with Gasteiger partial charge in [-0.15, -0.1) is 0 Å². The van der Waals surface area contributed by atoms with Crippen molar-refractivity contribution >= 4 is 17.5 Å². The molecule has 0 radical (unpaired) electrons.